The van der Waals surface area contributed by atoms with Crippen molar-refractivity contribution >= 4 is 28.3 Å². The van der Waals surface area contributed by atoms with E-state index in [1.165, 1.54) is 24.3 Å². The summed E-state index contributed by atoms with van der Waals surface area (Å²) in [7, 11) is 0. The second-order valence-electron chi connectivity index (χ2n) is 7.74. The van der Waals surface area contributed by atoms with Crippen LogP contribution in [0.25, 0.3) is 33.5 Å². The molecule has 170 valence electrons. The SMILES string of the molecule is O=C(NNc1ccc([N+](=O)[O-])cc1)c1ccc2nc(-c3ccccc3)c(-c3ccccc3)nc2c1. The van der Waals surface area contributed by atoms with Gasteiger partial charge in [0.15, 0.2) is 0 Å². The molecule has 0 aliphatic rings. The number of rotatable bonds is 6. The maximum atomic E-state index is 12.8. The van der Waals surface area contributed by atoms with Crippen molar-refractivity contribution in [2.45, 2.75) is 0 Å². The van der Waals surface area contributed by atoms with E-state index < -0.39 is 4.92 Å². The minimum Gasteiger partial charge on any atom is -0.298 e. The second kappa shape index (κ2) is 9.40. The zero-order chi connectivity index (χ0) is 24.2. The molecular weight excluding hydrogens is 442 g/mol. The second-order valence-corrected chi connectivity index (χ2v) is 7.74. The monoisotopic (exact) mass is 461 g/mol. The first kappa shape index (κ1) is 21.7. The average Bonchev–Trinajstić information content (AvgIpc) is 2.92. The molecule has 35 heavy (non-hydrogen) atoms. The van der Waals surface area contributed by atoms with Gasteiger partial charge in [0.05, 0.1) is 33.0 Å². The number of nitrogens with zero attached hydrogens (tertiary/aromatic N) is 3. The summed E-state index contributed by atoms with van der Waals surface area (Å²) in [6.07, 6.45) is 0. The number of aromatic nitrogens is 2. The first-order chi connectivity index (χ1) is 17.1. The number of nitro benzene ring substituents is 1. The van der Waals surface area contributed by atoms with Crippen LogP contribution >= 0.6 is 0 Å². The van der Waals surface area contributed by atoms with Crippen molar-refractivity contribution in [2.75, 3.05) is 5.43 Å². The fourth-order valence-corrected chi connectivity index (χ4v) is 3.66. The molecule has 0 aliphatic carbocycles. The van der Waals surface area contributed by atoms with Gasteiger partial charge in [0.1, 0.15) is 0 Å². The highest BCUT2D eigenvalue weighted by molar-refractivity contribution is 5.98. The standard InChI is InChI=1S/C27H19N5O3/c33-27(31-30-21-12-14-22(15-13-21)32(34)35)20-11-16-23-24(17-20)29-26(19-9-5-2-6-10-19)25(28-23)18-7-3-1-4-8-18/h1-17,30H,(H,31,33). The van der Waals surface area contributed by atoms with Gasteiger partial charge in [-0.1, -0.05) is 60.7 Å². The molecule has 8 heteroatoms. The topological polar surface area (TPSA) is 110 Å². The Morgan fingerprint density at radius 1 is 0.714 bits per heavy atom. The van der Waals surface area contributed by atoms with E-state index in [2.05, 4.69) is 10.9 Å². The molecule has 4 aromatic carbocycles. The van der Waals surface area contributed by atoms with Crippen LogP contribution in [-0.4, -0.2) is 20.8 Å². The normalized spacial score (nSPS) is 10.6. The van der Waals surface area contributed by atoms with Crippen LogP contribution in [0.4, 0.5) is 11.4 Å². The van der Waals surface area contributed by atoms with Crippen molar-refractivity contribution in [3.05, 3.63) is 119 Å². The smallest absolute Gasteiger partial charge is 0.269 e. The zero-order valence-electron chi connectivity index (χ0n) is 18.4. The van der Waals surface area contributed by atoms with Gasteiger partial charge in [-0.15, -0.1) is 0 Å². The third-order valence-corrected chi connectivity index (χ3v) is 5.42. The maximum absolute atomic E-state index is 12.8. The van der Waals surface area contributed by atoms with Crippen LogP contribution in [0.15, 0.2) is 103 Å². The Morgan fingerprint density at radius 3 is 1.86 bits per heavy atom. The fraction of sp³-hybridized carbons (Fsp3) is 0. The molecule has 2 N–H and O–H groups in total. The van der Waals surface area contributed by atoms with Crippen LogP contribution in [0.2, 0.25) is 0 Å². The summed E-state index contributed by atoms with van der Waals surface area (Å²) in [5, 5.41) is 10.8. The maximum Gasteiger partial charge on any atom is 0.269 e. The van der Waals surface area contributed by atoms with Crippen LogP contribution in [0.5, 0.6) is 0 Å². The molecule has 0 aliphatic heterocycles. The number of hydrogen-bond acceptors (Lipinski definition) is 6. The van der Waals surface area contributed by atoms with E-state index in [0.29, 0.717) is 22.3 Å². The van der Waals surface area contributed by atoms with Crippen LogP contribution in [0, 0.1) is 10.1 Å². The number of amides is 1. The highest BCUT2D eigenvalue weighted by atomic mass is 16.6. The molecule has 0 saturated carbocycles. The van der Waals surface area contributed by atoms with Crippen molar-refractivity contribution < 1.29 is 9.72 Å². The number of hydrazine groups is 1. The third kappa shape index (κ3) is 4.67. The molecule has 0 bridgehead atoms. The number of carbonyl (C=O) groups is 1. The molecular formula is C27H19N5O3. The molecule has 0 saturated heterocycles. The van der Waals surface area contributed by atoms with Crippen LogP contribution in [0.3, 0.4) is 0 Å². The Labute approximate surface area is 200 Å². The number of hydrogen-bond donors (Lipinski definition) is 2. The summed E-state index contributed by atoms with van der Waals surface area (Å²) in [6.45, 7) is 0. The lowest BCUT2D eigenvalue weighted by atomic mass is 10.0. The summed E-state index contributed by atoms with van der Waals surface area (Å²) < 4.78 is 0. The molecule has 0 spiro atoms. The van der Waals surface area contributed by atoms with Gasteiger partial charge < -0.3 is 0 Å². The Morgan fingerprint density at radius 2 is 1.29 bits per heavy atom. The molecule has 1 amide bonds. The Bertz CT molecular complexity index is 1520. The predicted octanol–water partition coefficient (Wildman–Crippen LogP) is 5.63. The zero-order valence-corrected chi connectivity index (χ0v) is 18.4. The van der Waals surface area contributed by atoms with E-state index >= 15 is 0 Å². The molecule has 0 radical (unpaired) electrons. The van der Waals surface area contributed by atoms with Crippen molar-refractivity contribution in [3.8, 4) is 22.5 Å². The first-order valence-corrected chi connectivity index (χ1v) is 10.8. The number of benzene rings is 4. The lowest BCUT2D eigenvalue weighted by Gasteiger charge is -2.12. The molecule has 1 heterocycles. The minimum absolute atomic E-state index is 0.0286. The highest BCUT2D eigenvalue weighted by Gasteiger charge is 2.15. The lowest BCUT2D eigenvalue weighted by molar-refractivity contribution is -0.384. The van der Waals surface area contributed by atoms with Crippen LogP contribution in [-0.2, 0) is 0 Å². The van der Waals surface area contributed by atoms with Crippen molar-refractivity contribution in [3.63, 3.8) is 0 Å². The molecule has 5 aromatic rings. The molecule has 0 atom stereocenters. The average molecular weight is 461 g/mol. The van der Waals surface area contributed by atoms with Gasteiger partial charge in [0.25, 0.3) is 11.6 Å². The third-order valence-electron chi connectivity index (χ3n) is 5.42. The van der Waals surface area contributed by atoms with E-state index in [1.807, 2.05) is 60.7 Å². The predicted molar refractivity (Wildman–Crippen MR) is 135 cm³/mol. The van der Waals surface area contributed by atoms with E-state index in [-0.39, 0.29) is 11.6 Å². The Kier molecular flexibility index (Phi) is 5.83. The summed E-state index contributed by atoms with van der Waals surface area (Å²) in [6, 6.07) is 30.5. The van der Waals surface area contributed by atoms with Gasteiger partial charge in [-0.2, -0.15) is 0 Å². The highest BCUT2D eigenvalue weighted by Crippen LogP contribution is 2.31. The minimum atomic E-state index is -0.481. The summed E-state index contributed by atoms with van der Waals surface area (Å²) >= 11 is 0. The molecule has 0 fully saturated rings. The summed E-state index contributed by atoms with van der Waals surface area (Å²) in [4.78, 5) is 32.8. The number of nitro groups is 1. The Balaban J connectivity index is 1.46. The van der Waals surface area contributed by atoms with Gasteiger partial charge in [-0.05, 0) is 30.3 Å². The largest absolute Gasteiger partial charge is 0.298 e. The number of fused-ring (bicyclic) bond motifs is 1. The number of carbonyl (C=O) groups excluding carboxylic acids is 1. The van der Waals surface area contributed by atoms with Crippen molar-refractivity contribution in [2.24, 2.45) is 0 Å². The first-order valence-electron chi connectivity index (χ1n) is 10.8. The van der Waals surface area contributed by atoms with Gasteiger partial charge in [-0.25, -0.2) is 9.97 Å². The van der Waals surface area contributed by atoms with E-state index in [4.69, 9.17) is 9.97 Å². The quantitative estimate of drug-likeness (QED) is 0.251. The molecule has 0 unspecified atom stereocenters. The summed E-state index contributed by atoms with van der Waals surface area (Å²) in [5.41, 5.74) is 10.9. The van der Waals surface area contributed by atoms with Gasteiger partial charge >= 0.3 is 0 Å². The molecule has 1 aromatic heterocycles. The van der Waals surface area contributed by atoms with Gasteiger partial charge in [0, 0.05) is 28.8 Å². The fourth-order valence-electron chi connectivity index (χ4n) is 3.66. The van der Waals surface area contributed by atoms with E-state index in [1.54, 1.807) is 18.2 Å². The number of non-ortho nitro benzene ring substituents is 1. The lowest BCUT2D eigenvalue weighted by Crippen LogP contribution is -2.29. The van der Waals surface area contributed by atoms with Crippen LogP contribution in [0.1, 0.15) is 10.4 Å². The van der Waals surface area contributed by atoms with Crippen LogP contribution < -0.4 is 10.9 Å². The van der Waals surface area contributed by atoms with Gasteiger partial charge in [-0.3, -0.25) is 25.8 Å². The van der Waals surface area contributed by atoms with Gasteiger partial charge in [0.2, 0.25) is 0 Å². The van der Waals surface area contributed by atoms with Crippen molar-refractivity contribution in [1.29, 1.82) is 0 Å². The Hall–Kier alpha value is -5.11. The molecule has 8 nitrogen and oxygen atoms in total. The number of anilines is 1. The summed E-state index contributed by atoms with van der Waals surface area (Å²) in [5.74, 6) is -0.375. The molecule has 5 rings (SSSR count). The number of nitrogens with one attached hydrogen (secondary N) is 2. The van der Waals surface area contributed by atoms with E-state index in [0.717, 1.165) is 22.5 Å². The van der Waals surface area contributed by atoms with E-state index in [9.17, 15) is 14.9 Å². The van der Waals surface area contributed by atoms with Crippen molar-refractivity contribution in [1.82, 2.24) is 15.4 Å².